The summed E-state index contributed by atoms with van der Waals surface area (Å²) < 4.78 is 5.77. The van der Waals surface area contributed by atoms with Crippen molar-refractivity contribution in [3.05, 3.63) is 35.5 Å². The van der Waals surface area contributed by atoms with Gasteiger partial charge in [-0.2, -0.15) is 0 Å². The lowest BCUT2D eigenvalue weighted by Gasteiger charge is -2.12. The predicted molar refractivity (Wildman–Crippen MR) is 72.9 cm³/mol. The average molecular weight is 271 g/mol. The number of pyridine rings is 1. The van der Waals surface area contributed by atoms with Gasteiger partial charge in [-0.15, -0.1) is 5.10 Å². The molecule has 0 radical (unpaired) electrons. The first-order chi connectivity index (χ1) is 9.88. The van der Waals surface area contributed by atoms with Gasteiger partial charge in [-0.1, -0.05) is 5.10 Å². The van der Waals surface area contributed by atoms with Crippen molar-refractivity contribution in [3.8, 4) is 0 Å². The molecule has 0 saturated carbocycles. The van der Waals surface area contributed by atoms with E-state index in [-0.39, 0.29) is 0 Å². The topological polar surface area (TPSA) is 58.3 Å². The van der Waals surface area contributed by atoms with Crippen LogP contribution in [0.3, 0.4) is 0 Å². The van der Waals surface area contributed by atoms with Crippen molar-refractivity contribution in [1.29, 1.82) is 0 Å². The molecule has 2 aliphatic heterocycles. The van der Waals surface area contributed by atoms with Crippen molar-refractivity contribution < 1.29 is 4.42 Å². The van der Waals surface area contributed by atoms with E-state index in [0.717, 1.165) is 26.2 Å². The number of aromatic nitrogens is 3. The Morgan fingerprint density at radius 1 is 1.10 bits per heavy atom. The highest BCUT2D eigenvalue weighted by molar-refractivity contribution is 5.27. The number of rotatable bonds is 3. The zero-order valence-corrected chi connectivity index (χ0v) is 11.3. The first kappa shape index (κ1) is 11.8. The lowest BCUT2D eigenvalue weighted by atomic mass is 10.2. The fourth-order valence-electron chi connectivity index (χ4n) is 2.94. The van der Waals surface area contributed by atoms with E-state index in [0.29, 0.717) is 18.5 Å². The molecule has 0 atom stereocenters. The number of hydrogen-bond acceptors (Lipinski definition) is 6. The van der Waals surface area contributed by atoms with Gasteiger partial charge in [0.1, 0.15) is 0 Å². The molecule has 6 heteroatoms. The van der Waals surface area contributed by atoms with Gasteiger partial charge < -0.3 is 9.32 Å². The van der Waals surface area contributed by atoms with E-state index in [9.17, 15) is 0 Å². The molecule has 6 nitrogen and oxygen atoms in total. The van der Waals surface area contributed by atoms with Crippen LogP contribution in [-0.2, 0) is 19.6 Å². The average Bonchev–Trinajstić information content (AvgIpc) is 3.18. The van der Waals surface area contributed by atoms with Crippen molar-refractivity contribution in [3.63, 3.8) is 0 Å². The quantitative estimate of drug-likeness (QED) is 0.844. The molecule has 1 saturated heterocycles. The van der Waals surface area contributed by atoms with Gasteiger partial charge >= 0.3 is 6.01 Å². The Morgan fingerprint density at radius 3 is 2.80 bits per heavy atom. The van der Waals surface area contributed by atoms with E-state index >= 15 is 0 Å². The van der Waals surface area contributed by atoms with Gasteiger partial charge in [0, 0.05) is 38.6 Å². The molecule has 0 amide bonds. The highest BCUT2D eigenvalue weighted by atomic mass is 16.4. The van der Waals surface area contributed by atoms with Crippen LogP contribution >= 0.6 is 0 Å². The summed E-state index contributed by atoms with van der Waals surface area (Å²) in [5.74, 6) is 0.702. The van der Waals surface area contributed by atoms with Gasteiger partial charge in [0.25, 0.3) is 0 Å². The van der Waals surface area contributed by atoms with Crippen molar-refractivity contribution >= 4 is 6.01 Å². The molecule has 2 aromatic heterocycles. The van der Waals surface area contributed by atoms with Crippen molar-refractivity contribution in [2.24, 2.45) is 0 Å². The summed E-state index contributed by atoms with van der Waals surface area (Å²) >= 11 is 0. The molecule has 1 fully saturated rings. The second-order valence-corrected chi connectivity index (χ2v) is 5.46. The summed E-state index contributed by atoms with van der Waals surface area (Å²) in [6, 6.07) is 2.76. The van der Waals surface area contributed by atoms with Crippen LogP contribution in [0.2, 0.25) is 0 Å². The minimum absolute atomic E-state index is 0.677. The standard InChI is InChI=1S/C14H17N5O/c1-2-6-19(5-1)14-17-16-13(20-14)10-18-8-11-3-4-15-7-12(11)9-18/h3-4,7H,1-2,5-6,8-10H2. The summed E-state index contributed by atoms with van der Waals surface area (Å²) in [4.78, 5) is 8.63. The molecule has 0 unspecified atom stereocenters. The lowest BCUT2D eigenvalue weighted by Crippen LogP contribution is -2.18. The highest BCUT2D eigenvalue weighted by Crippen LogP contribution is 2.24. The van der Waals surface area contributed by atoms with Crippen LogP contribution in [0.4, 0.5) is 6.01 Å². The molecule has 104 valence electrons. The van der Waals surface area contributed by atoms with Gasteiger partial charge in [-0.05, 0) is 30.0 Å². The molecule has 0 bridgehead atoms. The summed E-state index contributed by atoms with van der Waals surface area (Å²) in [6.45, 7) is 4.60. The molecule has 0 aliphatic carbocycles. The number of fused-ring (bicyclic) bond motifs is 1. The SMILES string of the molecule is c1cc2c(cn1)CN(Cc1nnc(N3CCCC3)o1)C2. The van der Waals surface area contributed by atoms with Crippen molar-refractivity contribution in [1.82, 2.24) is 20.1 Å². The van der Waals surface area contributed by atoms with Crippen LogP contribution in [0.15, 0.2) is 22.9 Å². The third-order valence-corrected chi connectivity index (χ3v) is 3.98. The molecule has 0 N–H and O–H groups in total. The van der Waals surface area contributed by atoms with Crippen molar-refractivity contribution in [2.75, 3.05) is 18.0 Å². The number of nitrogens with zero attached hydrogens (tertiary/aromatic N) is 5. The maximum atomic E-state index is 5.77. The molecule has 2 aromatic rings. The molecular formula is C14H17N5O. The van der Waals surface area contributed by atoms with Crippen LogP contribution < -0.4 is 4.90 Å². The maximum absolute atomic E-state index is 5.77. The Bertz CT molecular complexity index is 580. The Balaban J connectivity index is 1.43. The second kappa shape index (κ2) is 4.86. The van der Waals surface area contributed by atoms with Crippen molar-refractivity contribution in [2.45, 2.75) is 32.5 Å². The zero-order valence-electron chi connectivity index (χ0n) is 11.3. The predicted octanol–water partition coefficient (Wildman–Crippen LogP) is 1.58. The first-order valence-corrected chi connectivity index (χ1v) is 7.10. The Kier molecular flexibility index (Phi) is 2.88. The lowest BCUT2D eigenvalue weighted by molar-refractivity contribution is 0.246. The highest BCUT2D eigenvalue weighted by Gasteiger charge is 2.22. The summed E-state index contributed by atoms with van der Waals surface area (Å²) in [6.07, 6.45) is 6.22. The molecular weight excluding hydrogens is 254 g/mol. The molecule has 0 aromatic carbocycles. The van der Waals surface area contributed by atoms with E-state index in [1.807, 2.05) is 12.4 Å². The summed E-state index contributed by atoms with van der Waals surface area (Å²) in [5.41, 5.74) is 2.64. The van der Waals surface area contributed by atoms with E-state index in [4.69, 9.17) is 4.42 Å². The molecule has 4 heterocycles. The first-order valence-electron chi connectivity index (χ1n) is 7.10. The molecule has 20 heavy (non-hydrogen) atoms. The minimum atomic E-state index is 0.677. The van der Waals surface area contributed by atoms with Crippen LogP contribution in [0, 0.1) is 0 Å². The van der Waals surface area contributed by atoms with Gasteiger partial charge in [0.05, 0.1) is 6.54 Å². The van der Waals surface area contributed by atoms with Crippen LogP contribution in [0.25, 0.3) is 0 Å². The normalized spacial score (nSPS) is 18.7. The maximum Gasteiger partial charge on any atom is 0.318 e. The van der Waals surface area contributed by atoms with Crippen LogP contribution in [-0.4, -0.2) is 33.2 Å². The minimum Gasteiger partial charge on any atom is -0.407 e. The third kappa shape index (κ3) is 2.16. The van der Waals surface area contributed by atoms with Crippen LogP contribution in [0.5, 0.6) is 0 Å². The van der Waals surface area contributed by atoms with E-state index in [1.165, 1.54) is 24.0 Å². The summed E-state index contributed by atoms with van der Waals surface area (Å²) in [5, 5.41) is 8.33. The van der Waals surface area contributed by atoms with Gasteiger partial charge in [-0.25, -0.2) is 0 Å². The van der Waals surface area contributed by atoms with Crippen LogP contribution in [0.1, 0.15) is 29.9 Å². The number of anilines is 1. The van der Waals surface area contributed by atoms with E-state index < -0.39 is 0 Å². The van der Waals surface area contributed by atoms with Gasteiger partial charge in [0.2, 0.25) is 5.89 Å². The largest absolute Gasteiger partial charge is 0.407 e. The fourth-order valence-corrected chi connectivity index (χ4v) is 2.94. The number of hydrogen-bond donors (Lipinski definition) is 0. The Labute approximate surface area is 117 Å². The Morgan fingerprint density at radius 2 is 1.95 bits per heavy atom. The fraction of sp³-hybridized carbons (Fsp3) is 0.500. The van der Waals surface area contributed by atoms with Gasteiger partial charge in [0.15, 0.2) is 0 Å². The van der Waals surface area contributed by atoms with Gasteiger partial charge in [-0.3, -0.25) is 9.88 Å². The molecule has 4 rings (SSSR count). The van der Waals surface area contributed by atoms with E-state index in [2.05, 4.69) is 31.0 Å². The second-order valence-electron chi connectivity index (χ2n) is 5.46. The molecule has 2 aliphatic rings. The summed E-state index contributed by atoms with van der Waals surface area (Å²) in [7, 11) is 0. The third-order valence-electron chi connectivity index (χ3n) is 3.98. The monoisotopic (exact) mass is 271 g/mol. The smallest absolute Gasteiger partial charge is 0.318 e. The zero-order chi connectivity index (χ0) is 13.4. The van der Waals surface area contributed by atoms with E-state index in [1.54, 1.807) is 0 Å². The Hall–Kier alpha value is -1.95. The molecule has 0 spiro atoms.